The second kappa shape index (κ2) is 8.88. The zero-order chi connectivity index (χ0) is 21.1. The van der Waals surface area contributed by atoms with Crippen LogP contribution in [0.4, 0.5) is 0 Å². The lowest BCUT2D eigenvalue weighted by atomic mass is 9.92. The van der Waals surface area contributed by atoms with Crippen LogP contribution in [0.3, 0.4) is 0 Å². The fourth-order valence-corrected chi connectivity index (χ4v) is 3.88. The van der Waals surface area contributed by atoms with Gasteiger partial charge in [-0.1, -0.05) is 35.0 Å². The SMILES string of the molecule is C[C@@H](Oc1ccc2c(c1)CCCC2)C(=O)N(C)Cc1nc(-c2cccc(Cl)c2)no1. The van der Waals surface area contributed by atoms with Gasteiger partial charge in [-0.15, -0.1) is 0 Å². The van der Waals surface area contributed by atoms with Gasteiger partial charge in [0.1, 0.15) is 5.75 Å². The molecule has 7 heteroatoms. The maximum Gasteiger partial charge on any atom is 0.263 e. The number of carbonyl (C=O) groups is 1. The van der Waals surface area contributed by atoms with Crippen molar-refractivity contribution in [3.63, 3.8) is 0 Å². The molecule has 0 bridgehead atoms. The number of likely N-dealkylation sites (N-methyl/N-ethyl adjacent to an activating group) is 1. The van der Waals surface area contributed by atoms with Gasteiger partial charge in [-0.3, -0.25) is 4.79 Å². The first-order chi connectivity index (χ1) is 14.5. The van der Waals surface area contributed by atoms with Crippen LogP contribution in [-0.2, 0) is 24.2 Å². The van der Waals surface area contributed by atoms with Crippen LogP contribution in [0.25, 0.3) is 11.4 Å². The summed E-state index contributed by atoms with van der Waals surface area (Å²) < 4.78 is 11.2. The average molecular weight is 426 g/mol. The molecule has 1 heterocycles. The molecule has 0 spiro atoms. The van der Waals surface area contributed by atoms with Gasteiger partial charge in [0.05, 0.1) is 6.54 Å². The molecule has 156 valence electrons. The number of halogens is 1. The molecule has 0 radical (unpaired) electrons. The molecule has 0 N–H and O–H groups in total. The van der Waals surface area contributed by atoms with E-state index in [2.05, 4.69) is 22.3 Å². The number of hydrogen-bond acceptors (Lipinski definition) is 5. The number of aromatic nitrogens is 2. The van der Waals surface area contributed by atoms with Crippen LogP contribution in [0.15, 0.2) is 47.0 Å². The van der Waals surface area contributed by atoms with E-state index in [0.29, 0.717) is 16.7 Å². The quantitative estimate of drug-likeness (QED) is 0.572. The van der Waals surface area contributed by atoms with Crippen molar-refractivity contribution in [1.82, 2.24) is 15.0 Å². The third kappa shape index (κ3) is 4.65. The first-order valence-corrected chi connectivity index (χ1v) is 10.5. The molecule has 0 aliphatic heterocycles. The minimum Gasteiger partial charge on any atom is -0.481 e. The summed E-state index contributed by atoms with van der Waals surface area (Å²) in [4.78, 5) is 18.6. The summed E-state index contributed by atoms with van der Waals surface area (Å²) in [6, 6.07) is 13.3. The Hall–Kier alpha value is -2.86. The second-order valence-corrected chi connectivity index (χ2v) is 8.05. The molecular formula is C23H24ClN3O3. The molecular weight excluding hydrogens is 402 g/mol. The van der Waals surface area contributed by atoms with Crippen molar-refractivity contribution in [2.75, 3.05) is 7.05 Å². The number of rotatable bonds is 6. The summed E-state index contributed by atoms with van der Waals surface area (Å²) in [5.74, 6) is 1.36. The van der Waals surface area contributed by atoms with Crippen LogP contribution < -0.4 is 4.74 Å². The highest BCUT2D eigenvalue weighted by atomic mass is 35.5. The van der Waals surface area contributed by atoms with Crippen LogP contribution in [0.5, 0.6) is 5.75 Å². The van der Waals surface area contributed by atoms with Crippen molar-refractivity contribution in [2.24, 2.45) is 0 Å². The number of ether oxygens (including phenoxy) is 1. The molecule has 1 atom stereocenters. The number of hydrogen-bond donors (Lipinski definition) is 0. The van der Waals surface area contributed by atoms with Crippen molar-refractivity contribution < 1.29 is 14.1 Å². The van der Waals surface area contributed by atoms with E-state index in [9.17, 15) is 4.79 Å². The van der Waals surface area contributed by atoms with Crippen molar-refractivity contribution >= 4 is 17.5 Å². The second-order valence-electron chi connectivity index (χ2n) is 7.61. The van der Waals surface area contributed by atoms with Gasteiger partial charge < -0.3 is 14.2 Å². The van der Waals surface area contributed by atoms with E-state index >= 15 is 0 Å². The molecule has 2 aromatic carbocycles. The largest absolute Gasteiger partial charge is 0.481 e. The molecule has 3 aromatic rings. The predicted octanol–water partition coefficient (Wildman–Crippen LogP) is 4.69. The minimum absolute atomic E-state index is 0.157. The Labute approximate surface area is 180 Å². The third-order valence-electron chi connectivity index (χ3n) is 5.28. The minimum atomic E-state index is -0.619. The lowest BCUT2D eigenvalue weighted by molar-refractivity contribution is -0.137. The van der Waals surface area contributed by atoms with Gasteiger partial charge >= 0.3 is 0 Å². The summed E-state index contributed by atoms with van der Waals surface area (Å²) in [5.41, 5.74) is 3.47. The third-order valence-corrected chi connectivity index (χ3v) is 5.52. The number of benzene rings is 2. The standard InChI is InChI=1S/C23H24ClN3O3/c1-15(29-20-11-10-16-6-3-4-7-17(16)13-20)23(28)27(2)14-21-25-22(26-30-21)18-8-5-9-19(24)12-18/h5,8-13,15H,3-4,6-7,14H2,1-2H3/t15-/m1/s1. The fourth-order valence-electron chi connectivity index (χ4n) is 3.69. The molecule has 30 heavy (non-hydrogen) atoms. The van der Waals surface area contributed by atoms with E-state index in [-0.39, 0.29) is 12.5 Å². The average Bonchev–Trinajstić information content (AvgIpc) is 3.21. The summed E-state index contributed by atoms with van der Waals surface area (Å²) in [6.07, 6.45) is 4.01. The molecule has 4 rings (SSSR count). The fraction of sp³-hybridized carbons (Fsp3) is 0.348. The normalized spacial score (nSPS) is 14.1. The summed E-state index contributed by atoms with van der Waals surface area (Å²) in [7, 11) is 1.69. The highest BCUT2D eigenvalue weighted by molar-refractivity contribution is 6.30. The first kappa shape index (κ1) is 20.4. The Morgan fingerprint density at radius 2 is 2.00 bits per heavy atom. The number of amides is 1. The Morgan fingerprint density at radius 3 is 2.80 bits per heavy atom. The Balaban J connectivity index is 1.37. The molecule has 6 nitrogen and oxygen atoms in total. The van der Waals surface area contributed by atoms with Crippen LogP contribution >= 0.6 is 11.6 Å². The van der Waals surface area contributed by atoms with Gasteiger partial charge in [-0.25, -0.2) is 0 Å². The molecule has 0 unspecified atom stereocenters. The number of aryl methyl sites for hydroxylation is 2. The van der Waals surface area contributed by atoms with Gasteiger partial charge in [0.25, 0.3) is 5.91 Å². The molecule has 1 aliphatic rings. The van der Waals surface area contributed by atoms with Gasteiger partial charge in [-0.05, 0) is 68.0 Å². The van der Waals surface area contributed by atoms with E-state index in [1.165, 1.54) is 28.9 Å². The maximum atomic E-state index is 12.8. The maximum absolute atomic E-state index is 12.8. The zero-order valence-electron chi connectivity index (χ0n) is 17.1. The van der Waals surface area contributed by atoms with E-state index < -0.39 is 6.10 Å². The molecule has 0 saturated heterocycles. The Bertz CT molecular complexity index is 1050. The molecule has 1 aliphatic carbocycles. The van der Waals surface area contributed by atoms with E-state index in [0.717, 1.165) is 24.2 Å². The predicted molar refractivity (Wildman–Crippen MR) is 114 cm³/mol. The topological polar surface area (TPSA) is 68.5 Å². The number of fused-ring (bicyclic) bond motifs is 1. The lowest BCUT2D eigenvalue weighted by Gasteiger charge is -2.22. The molecule has 1 amide bonds. The highest BCUT2D eigenvalue weighted by Crippen LogP contribution is 2.26. The van der Waals surface area contributed by atoms with Crippen molar-refractivity contribution in [3.8, 4) is 17.1 Å². The first-order valence-electron chi connectivity index (χ1n) is 10.1. The number of carbonyl (C=O) groups excluding carboxylic acids is 1. The van der Waals surface area contributed by atoms with Crippen LogP contribution in [0.2, 0.25) is 5.02 Å². The van der Waals surface area contributed by atoms with Crippen LogP contribution in [0, 0.1) is 0 Å². The smallest absolute Gasteiger partial charge is 0.263 e. The summed E-state index contributed by atoms with van der Waals surface area (Å²) in [5, 5.41) is 4.58. The summed E-state index contributed by atoms with van der Waals surface area (Å²) in [6.45, 7) is 1.95. The van der Waals surface area contributed by atoms with Gasteiger partial charge in [-0.2, -0.15) is 4.98 Å². The monoisotopic (exact) mass is 425 g/mol. The van der Waals surface area contributed by atoms with Crippen molar-refractivity contribution in [3.05, 3.63) is 64.5 Å². The highest BCUT2D eigenvalue weighted by Gasteiger charge is 2.22. The van der Waals surface area contributed by atoms with Gasteiger partial charge in [0, 0.05) is 17.6 Å². The summed E-state index contributed by atoms with van der Waals surface area (Å²) >= 11 is 6.01. The van der Waals surface area contributed by atoms with Crippen molar-refractivity contribution in [2.45, 2.75) is 45.3 Å². The Kier molecular flexibility index (Phi) is 6.04. The Morgan fingerprint density at radius 1 is 1.20 bits per heavy atom. The van der Waals surface area contributed by atoms with E-state index in [1.807, 2.05) is 18.2 Å². The van der Waals surface area contributed by atoms with Gasteiger partial charge in [0.2, 0.25) is 11.7 Å². The molecule has 0 fully saturated rings. The van der Waals surface area contributed by atoms with Crippen LogP contribution in [-0.4, -0.2) is 34.1 Å². The number of nitrogens with zero attached hydrogens (tertiary/aromatic N) is 3. The van der Waals surface area contributed by atoms with Gasteiger partial charge in [0.15, 0.2) is 6.10 Å². The van der Waals surface area contributed by atoms with E-state index in [1.54, 1.807) is 26.1 Å². The van der Waals surface area contributed by atoms with Crippen LogP contribution in [0.1, 0.15) is 36.8 Å². The van der Waals surface area contributed by atoms with E-state index in [4.69, 9.17) is 20.9 Å². The van der Waals surface area contributed by atoms with Crippen molar-refractivity contribution in [1.29, 1.82) is 0 Å². The molecule has 0 saturated carbocycles. The zero-order valence-corrected chi connectivity index (χ0v) is 17.9. The lowest BCUT2D eigenvalue weighted by Crippen LogP contribution is -2.37. The molecule has 1 aromatic heterocycles.